The van der Waals surface area contributed by atoms with E-state index in [0.717, 1.165) is 18.4 Å². The molecule has 1 aromatic heterocycles. The summed E-state index contributed by atoms with van der Waals surface area (Å²) in [5, 5.41) is 9.25. The summed E-state index contributed by atoms with van der Waals surface area (Å²) in [5.41, 5.74) is 2.18. The van der Waals surface area contributed by atoms with Crippen LogP contribution in [0.5, 0.6) is 0 Å². The van der Waals surface area contributed by atoms with Crippen molar-refractivity contribution in [3.63, 3.8) is 0 Å². The minimum atomic E-state index is -0.235. The number of aryl methyl sites for hydroxylation is 1. The number of H-pyrrole nitrogens is 1. The topological polar surface area (TPSA) is 79.8 Å². The van der Waals surface area contributed by atoms with Crippen LogP contribution in [-0.2, 0) is 24.7 Å². The predicted molar refractivity (Wildman–Crippen MR) is 78.0 cm³/mol. The fraction of sp³-hybridized carbons (Fsp3) is 0.400. The first kappa shape index (κ1) is 13.6. The summed E-state index contributed by atoms with van der Waals surface area (Å²) in [6, 6.07) is 8.10. The maximum Gasteiger partial charge on any atom is 0.343 e. The number of hydrogen-bond acceptors (Lipinski definition) is 3. The summed E-state index contributed by atoms with van der Waals surface area (Å²) in [6.45, 7) is 0.482. The number of rotatable bonds is 4. The minimum Gasteiger partial charge on any atom is -0.355 e. The Morgan fingerprint density at radius 3 is 3.05 bits per heavy atom. The van der Waals surface area contributed by atoms with Gasteiger partial charge < -0.3 is 5.32 Å². The third-order valence-corrected chi connectivity index (χ3v) is 4.07. The average Bonchev–Trinajstić information content (AvgIpc) is 3.05. The van der Waals surface area contributed by atoms with E-state index in [9.17, 15) is 9.59 Å². The number of benzene rings is 1. The highest BCUT2D eigenvalue weighted by Crippen LogP contribution is 2.32. The van der Waals surface area contributed by atoms with Gasteiger partial charge in [-0.1, -0.05) is 24.3 Å². The normalized spacial score (nSPS) is 16.7. The SMILES string of the molecule is Cn1c(CCNC(=O)C2CCc3ccccc32)n[nH]c1=O. The van der Waals surface area contributed by atoms with Crippen molar-refractivity contribution in [3.8, 4) is 0 Å². The molecule has 1 heterocycles. The van der Waals surface area contributed by atoms with E-state index < -0.39 is 0 Å². The lowest BCUT2D eigenvalue weighted by atomic mass is 10.0. The summed E-state index contributed by atoms with van der Waals surface area (Å²) >= 11 is 0. The van der Waals surface area contributed by atoms with Gasteiger partial charge >= 0.3 is 5.69 Å². The largest absolute Gasteiger partial charge is 0.355 e. The quantitative estimate of drug-likeness (QED) is 0.859. The molecule has 1 aliphatic carbocycles. The number of amides is 1. The van der Waals surface area contributed by atoms with Gasteiger partial charge in [0.25, 0.3) is 0 Å². The predicted octanol–water partition coefficient (Wildman–Crippen LogP) is 0.497. The number of nitrogens with zero attached hydrogens (tertiary/aromatic N) is 2. The minimum absolute atomic E-state index is 0.0517. The molecule has 2 N–H and O–H groups in total. The van der Waals surface area contributed by atoms with E-state index in [2.05, 4.69) is 21.6 Å². The molecule has 0 spiro atoms. The van der Waals surface area contributed by atoms with Gasteiger partial charge in [-0.05, 0) is 24.0 Å². The standard InChI is InChI=1S/C15H18N4O2/c1-19-13(17-18-15(19)21)8-9-16-14(20)12-7-6-10-4-2-3-5-11(10)12/h2-5,12H,6-9H2,1H3,(H,16,20)(H,18,21). The van der Waals surface area contributed by atoms with Crippen LogP contribution in [0.4, 0.5) is 0 Å². The number of aromatic nitrogens is 3. The van der Waals surface area contributed by atoms with Crippen LogP contribution in [0.25, 0.3) is 0 Å². The summed E-state index contributed by atoms with van der Waals surface area (Å²) < 4.78 is 1.46. The molecule has 0 fully saturated rings. The molecule has 0 saturated carbocycles. The van der Waals surface area contributed by atoms with Crippen LogP contribution in [0.2, 0.25) is 0 Å². The molecule has 6 nitrogen and oxygen atoms in total. The molecule has 2 aromatic rings. The molecular formula is C15H18N4O2. The van der Waals surface area contributed by atoms with Crippen LogP contribution in [0, 0.1) is 0 Å². The number of nitrogens with one attached hydrogen (secondary N) is 2. The molecule has 1 aromatic carbocycles. The van der Waals surface area contributed by atoms with Crippen LogP contribution >= 0.6 is 0 Å². The Kier molecular flexibility index (Phi) is 3.60. The van der Waals surface area contributed by atoms with Crippen molar-refractivity contribution >= 4 is 5.91 Å². The monoisotopic (exact) mass is 286 g/mol. The Balaban J connectivity index is 1.58. The van der Waals surface area contributed by atoms with Crippen molar-refractivity contribution in [2.75, 3.05) is 6.54 Å². The molecule has 0 aliphatic heterocycles. The Labute approximate surface area is 122 Å². The van der Waals surface area contributed by atoms with Crippen LogP contribution in [0.1, 0.15) is 29.3 Å². The van der Waals surface area contributed by atoms with Crippen LogP contribution in [-0.4, -0.2) is 27.2 Å². The van der Waals surface area contributed by atoms with Gasteiger partial charge in [0.1, 0.15) is 5.82 Å². The first-order valence-electron chi connectivity index (χ1n) is 7.12. The van der Waals surface area contributed by atoms with Gasteiger partial charge in [-0.3, -0.25) is 9.36 Å². The van der Waals surface area contributed by atoms with Gasteiger partial charge in [-0.2, -0.15) is 5.10 Å². The smallest absolute Gasteiger partial charge is 0.343 e. The fourth-order valence-corrected chi connectivity index (χ4v) is 2.85. The molecule has 1 aliphatic rings. The van der Waals surface area contributed by atoms with Crippen LogP contribution in [0.3, 0.4) is 0 Å². The number of carbonyl (C=O) groups excluding carboxylic acids is 1. The molecule has 1 amide bonds. The average molecular weight is 286 g/mol. The van der Waals surface area contributed by atoms with Crippen molar-refractivity contribution in [2.24, 2.45) is 7.05 Å². The van der Waals surface area contributed by atoms with E-state index in [-0.39, 0.29) is 17.5 Å². The van der Waals surface area contributed by atoms with Crippen molar-refractivity contribution in [1.82, 2.24) is 20.1 Å². The number of hydrogen-bond donors (Lipinski definition) is 2. The lowest BCUT2D eigenvalue weighted by Gasteiger charge is -2.12. The molecule has 3 rings (SSSR count). The molecule has 0 saturated heterocycles. The third kappa shape index (κ3) is 2.61. The highest BCUT2D eigenvalue weighted by molar-refractivity contribution is 5.84. The second-order valence-corrected chi connectivity index (χ2v) is 5.34. The van der Waals surface area contributed by atoms with Crippen molar-refractivity contribution in [3.05, 3.63) is 51.7 Å². The Hall–Kier alpha value is -2.37. The number of aromatic amines is 1. The fourth-order valence-electron chi connectivity index (χ4n) is 2.85. The Morgan fingerprint density at radius 1 is 1.48 bits per heavy atom. The molecule has 6 heteroatoms. The number of fused-ring (bicyclic) bond motifs is 1. The number of carbonyl (C=O) groups is 1. The van der Waals surface area contributed by atoms with Gasteiger partial charge in [0.15, 0.2) is 0 Å². The summed E-state index contributed by atoms with van der Waals surface area (Å²) in [6.07, 6.45) is 2.36. The van der Waals surface area contributed by atoms with E-state index in [0.29, 0.717) is 18.8 Å². The maximum atomic E-state index is 12.3. The van der Waals surface area contributed by atoms with E-state index in [1.165, 1.54) is 10.1 Å². The molecule has 21 heavy (non-hydrogen) atoms. The Morgan fingerprint density at radius 2 is 2.29 bits per heavy atom. The lowest BCUT2D eigenvalue weighted by Crippen LogP contribution is -2.30. The highest BCUT2D eigenvalue weighted by Gasteiger charge is 2.27. The zero-order chi connectivity index (χ0) is 14.8. The molecule has 0 radical (unpaired) electrons. The van der Waals surface area contributed by atoms with Gasteiger partial charge in [-0.15, -0.1) is 0 Å². The van der Waals surface area contributed by atoms with Gasteiger partial charge in [0.05, 0.1) is 5.92 Å². The van der Waals surface area contributed by atoms with E-state index in [1.54, 1.807) is 7.05 Å². The third-order valence-electron chi connectivity index (χ3n) is 4.07. The zero-order valence-electron chi connectivity index (χ0n) is 11.9. The second-order valence-electron chi connectivity index (χ2n) is 5.34. The first-order chi connectivity index (χ1) is 10.2. The van der Waals surface area contributed by atoms with Gasteiger partial charge in [0, 0.05) is 20.0 Å². The second kappa shape index (κ2) is 5.55. The van der Waals surface area contributed by atoms with Crippen molar-refractivity contribution < 1.29 is 4.79 Å². The van der Waals surface area contributed by atoms with Crippen LogP contribution < -0.4 is 11.0 Å². The molecular weight excluding hydrogens is 268 g/mol. The van der Waals surface area contributed by atoms with Crippen molar-refractivity contribution in [1.29, 1.82) is 0 Å². The first-order valence-corrected chi connectivity index (χ1v) is 7.12. The van der Waals surface area contributed by atoms with Gasteiger partial charge in [-0.25, -0.2) is 9.89 Å². The van der Waals surface area contributed by atoms with Crippen molar-refractivity contribution in [2.45, 2.75) is 25.2 Å². The summed E-state index contributed by atoms with van der Waals surface area (Å²) in [5.74, 6) is 0.650. The summed E-state index contributed by atoms with van der Waals surface area (Å²) in [4.78, 5) is 23.5. The van der Waals surface area contributed by atoms with Gasteiger partial charge in [0.2, 0.25) is 5.91 Å². The van der Waals surface area contributed by atoms with Crippen LogP contribution in [0.15, 0.2) is 29.1 Å². The molecule has 110 valence electrons. The molecule has 1 atom stereocenters. The molecule has 1 unspecified atom stereocenters. The zero-order valence-corrected chi connectivity index (χ0v) is 11.9. The molecule has 0 bridgehead atoms. The van der Waals surface area contributed by atoms with E-state index >= 15 is 0 Å². The Bertz CT molecular complexity index is 716. The van der Waals surface area contributed by atoms with E-state index in [4.69, 9.17) is 0 Å². The maximum absolute atomic E-state index is 12.3. The lowest BCUT2D eigenvalue weighted by molar-refractivity contribution is -0.122. The van der Waals surface area contributed by atoms with E-state index in [1.807, 2.05) is 18.2 Å². The highest BCUT2D eigenvalue weighted by atomic mass is 16.2. The summed E-state index contributed by atoms with van der Waals surface area (Å²) in [7, 11) is 1.66.